The maximum Gasteiger partial charge on any atom is 0.264 e. The molecule has 3 rings (SSSR count). The number of sulfonamides is 1. The van der Waals surface area contributed by atoms with Crippen LogP contribution in [0, 0.1) is 5.82 Å². The molecule has 0 aliphatic heterocycles. The topological polar surface area (TPSA) is 105 Å². The number of hydrogen-bond donors (Lipinski definition) is 2. The Morgan fingerprint density at radius 2 is 1.48 bits per heavy atom. The highest BCUT2D eigenvalue weighted by Gasteiger charge is 2.29. The third-order valence-electron chi connectivity index (χ3n) is 4.54. The Morgan fingerprint density at radius 1 is 0.909 bits per heavy atom. The van der Waals surface area contributed by atoms with Crippen molar-refractivity contribution in [2.75, 3.05) is 28.6 Å². The van der Waals surface area contributed by atoms with Crippen LogP contribution in [0.3, 0.4) is 0 Å². The molecule has 0 fully saturated rings. The van der Waals surface area contributed by atoms with E-state index in [9.17, 15) is 22.4 Å². The molecule has 3 aromatic rings. The Balaban J connectivity index is 1.88. The monoisotopic (exact) mass is 471 g/mol. The molecule has 0 aromatic heterocycles. The molecule has 10 heteroatoms. The summed E-state index contributed by atoms with van der Waals surface area (Å²) in [4.78, 5) is 23.7. The molecule has 8 nitrogen and oxygen atoms in total. The predicted molar refractivity (Wildman–Crippen MR) is 123 cm³/mol. The Morgan fingerprint density at radius 3 is 2.03 bits per heavy atom. The second-order valence-electron chi connectivity index (χ2n) is 6.95. The summed E-state index contributed by atoms with van der Waals surface area (Å²) < 4.78 is 46.9. The highest BCUT2D eigenvalue weighted by molar-refractivity contribution is 7.92. The van der Waals surface area contributed by atoms with Crippen LogP contribution in [0.5, 0.6) is 5.75 Å². The zero-order chi connectivity index (χ0) is 24.0. The van der Waals surface area contributed by atoms with E-state index in [1.54, 1.807) is 24.3 Å². The highest BCUT2D eigenvalue weighted by atomic mass is 32.2. The smallest absolute Gasteiger partial charge is 0.264 e. The normalized spacial score (nSPS) is 10.9. The minimum atomic E-state index is -4.28. The van der Waals surface area contributed by atoms with Gasteiger partial charge >= 0.3 is 0 Å². The number of ether oxygens (including phenoxy) is 1. The molecule has 0 atom stereocenters. The summed E-state index contributed by atoms with van der Waals surface area (Å²) in [5.41, 5.74) is 0.657. The van der Waals surface area contributed by atoms with Gasteiger partial charge < -0.3 is 15.4 Å². The van der Waals surface area contributed by atoms with Crippen molar-refractivity contribution in [3.63, 3.8) is 0 Å². The van der Waals surface area contributed by atoms with Gasteiger partial charge in [0.25, 0.3) is 10.0 Å². The molecule has 2 N–H and O–H groups in total. The number of carbonyl (C=O) groups is 2. The summed E-state index contributed by atoms with van der Waals surface area (Å²) in [5.74, 6) is -1.26. The van der Waals surface area contributed by atoms with Crippen LogP contribution >= 0.6 is 0 Å². The first-order valence-corrected chi connectivity index (χ1v) is 11.2. The molecule has 33 heavy (non-hydrogen) atoms. The number of rotatable bonds is 8. The zero-order valence-electron chi connectivity index (χ0n) is 17.9. The van der Waals surface area contributed by atoms with Gasteiger partial charge in [-0.2, -0.15) is 0 Å². The molecule has 0 unspecified atom stereocenters. The lowest BCUT2D eigenvalue weighted by molar-refractivity contribution is -0.115. The highest BCUT2D eigenvalue weighted by Crippen LogP contribution is 2.27. The van der Waals surface area contributed by atoms with Crippen molar-refractivity contribution < 1.29 is 27.1 Å². The summed E-state index contributed by atoms with van der Waals surface area (Å²) in [6.07, 6.45) is 0. The quantitative estimate of drug-likeness (QED) is 0.522. The number of hydrogen-bond acceptors (Lipinski definition) is 5. The molecule has 3 aromatic carbocycles. The number of carbonyl (C=O) groups excluding carboxylic acids is 2. The van der Waals surface area contributed by atoms with Gasteiger partial charge in [-0.25, -0.2) is 12.8 Å². The van der Waals surface area contributed by atoms with Gasteiger partial charge in [0.1, 0.15) is 18.1 Å². The molecular formula is C23H22FN3O5S. The Labute approximate surface area is 191 Å². The third kappa shape index (κ3) is 5.86. The van der Waals surface area contributed by atoms with Crippen molar-refractivity contribution in [1.82, 2.24) is 0 Å². The van der Waals surface area contributed by atoms with Gasteiger partial charge in [0.15, 0.2) is 0 Å². The molecule has 0 radical (unpaired) electrons. The molecule has 0 aliphatic rings. The fraction of sp³-hybridized carbons (Fsp3) is 0.130. The van der Waals surface area contributed by atoms with Crippen LogP contribution in [-0.4, -0.2) is 33.9 Å². The lowest BCUT2D eigenvalue weighted by atomic mass is 10.2. The average Bonchev–Trinajstić information content (AvgIpc) is 2.79. The molecule has 172 valence electrons. The van der Waals surface area contributed by atoms with Crippen molar-refractivity contribution in [3.05, 3.63) is 78.6 Å². The van der Waals surface area contributed by atoms with E-state index in [1.165, 1.54) is 56.5 Å². The van der Waals surface area contributed by atoms with Crippen molar-refractivity contribution in [3.8, 4) is 5.75 Å². The minimum Gasteiger partial charge on any atom is -0.497 e. The van der Waals surface area contributed by atoms with Gasteiger partial charge in [0.05, 0.1) is 17.7 Å². The van der Waals surface area contributed by atoms with E-state index in [2.05, 4.69) is 10.6 Å². The Kier molecular flexibility index (Phi) is 7.29. The Hall–Kier alpha value is -3.92. The largest absolute Gasteiger partial charge is 0.497 e. The molecule has 0 saturated carbocycles. The summed E-state index contributed by atoms with van der Waals surface area (Å²) in [6, 6.07) is 17.1. The lowest BCUT2D eigenvalue weighted by Crippen LogP contribution is -2.38. The van der Waals surface area contributed by atoms with Crippen LogP contribution in [0.2, 0.25) is 0 Å². The number of halogens is 1. The van der Waals surface area contributed by atoms with Crippen molar-refractivity contribution >= 4 is 38.9 Å². The van der Waals surface area contributed by atoms with Crippen LogP contribution in [0.1, 0.15) is 6.92 Å². The molecule has 0 spiro atoms. The SMILES string of the molecule is COc1ccc(S(=O)(=O)N(CC(=O)Nc2ccc(NC(C)=O)cc2)c2ccccc2F)cc1. The maximum absolute atomic E-state index is 14.5. The third-order valence-corrected chi connectivity index (χ3v) is 6.32. The van der Waals surface area contributed by atoms with Crippen molar-refractivity contribution in [2.45, 2.75) is 11.8 Å². The van der Waals surface area contributed by atoms with Crippen LogP contribution in [0.4, 0.5) is 21.5 Å². The first kappa shape index (κ1) is 23.7. The first-order valence-electron chi connectivity index (χ1n) is 9.79. The lowest BCUT2D eigenvalue weighted by Gasteiger charge is -2.24. The van der Waals surface area contributed by atoms with Gasteiger partial charge in [-0.1, -0.05) is 12.1 Å². The molecule has 0 heterocycles. The van der Waals surface area contributed by atoms with Crippen molar-refractivity contribution in [2.24, 2.45) is 0 Å². The fourth-order valence-electron chi connectivity index (χ4n) is 3.00. The van der Waals surface area contributed by atoms with Crippen LogP contribution in [0.25, 0.3) is 0 Å². The summed E-state index contributed by atoms with van der Waals surface area (Å²) in [5, 5.41) is 5.19. The summed E-state index contributed by atoms with van der Waals surface area (Å²) >= 11 is 0. The van der Waals surface area contributed by atoms with E-state index in [-0.39, 0.29) is 16.5 Å². The number of methoxy groups -OCH3 is 1. The van der Waals surface area contributed by atoms with Gasteiger partial charge in [0, 0.05) is 18.3 Å². The van der Waals surface area contributed by atoms with E-state index < -0.39 is 28.3 Å². The molecule has 2 amide bonds. The molecule has 0 saturated heterocycles. The van der Waals surface area contributed by atoms with E-state index >= 15 is 0 Å². The van der Waals surface area contributed by atoms with Gasteiger partial charge in [-0.05, 0) is 60.7 Å². The first-order chi connectivity index (χ1) is 15.7. The second-order valence-corrected chi connectivity index (χ2v) is 8.81. The minimum absolute atomic E-state index is 0.126. The Bertz CT molecular complexity index is 1250. The van der Waals surface area contributed by atoms with E-state index in [0.717, 1.165) is 6.07 Å². The van der Waals surface area contributed by atoms with Gasteiger partial charge in [-0.3, -0.25) is 13.9 Å². The standard InChI is InChI=1S/C23H22FN3O5S/c1-16(28)25-17-7-9-18(10-8-17)26-23(29)15-27(22-6-4-3-5-21(22)24)33(30,31)20-13-11-19(32-2)12-14-20/h3-14H,15H2,1-2H3,(H,25,28)(H,26,29). The van der Waals surface area contributed by atoms with Crippen LogP contribution < -0.4 is 19.7 Å². The number of para-hydroxylation sites is 1. The maximum atomic E-state index is 14.5. The van der Waals surface area contributed by atoms with E-state index in [4.69, 9.17) is 4.74 Å². The van der Waals surface area contributed by atoms with E-state index in [1.807, 2.05) is 0 Å². The molecule has 0 aliphatic carbocycles. The number of anilines is 3. The number of nitrogens with zero attached hydrogens (tertiary/aromatic N) is 1. The zero-order valence-corrected chi connectivity index (χ0v) is 18.7. The molecule has 0 bridgehead atoms. The number of nitrogens with one attached hydrogen (secondary N) is 2. The second kappa shape index (κ2) is 10.1. The summed E-state index contributed by atoms with van der Waals surface area (Å²) in [6.45, 7) is 0.707. The van der Waals surface area contributed by atoms with Gasteiger partial charge in [0.2, 0.25) is 11.8 Å². The van der Waals surface area contributed by atoms with Crippen molar-refractivity contribution in [1.29, 1.82) is 0 Å². The number of amides is 2. The van der Waals surface area contributed by atoms with Crippen LogP contribution in [0.15, 0.2) is 77.7 Å². The van der Waals surface area contributed by atoms with Gasteiger partial charge in [-0.15, -0.1) is 0 Å². The summed E-state index contributed by atoms with van der Waals surface area (Å²) in [7, 11) is -2.83. The van der Waals surface area contributed by atoms with E-state index in [0.29, 0.717) is 21.4 Å². The predicted octanol–water partition coefficient (Wildman–Crippen LogP) is 3.63. The fourth-order valence-corrected chi connectivity index (χ4v) is 4.43. The van der Waals surface area contributed by atoms with Crippen LogP contribution in [-0.2, 0) is 19.6 Å². The number of benzene rings is 3. The molecular weight excluding hydrogens is 449 g/mol. The average molecular weight is 472 g/mol.